The van der Waals surface area contributed by atoms with Crippen molar-refractivity contribution < 1.29 is 4.74 Å². The number of nitrogens with one attached hydrogen (secondary N) is 2. The van der Waals surface area contributed by atoms with Crippen LogP contribution in [-0.4, -0.2) is 34.7 Å². The number of para-hydroxylation sites is 1. The molecular formula is C27H30ClN5OS. The maximum absolute atomic E-state index is 6.31. The second kappa shape index (κ2) is 10.8. The van der Waals surface area contributed by atoms with Gasteiger partial charge in [0.15, 0.2) is 5.11 Å². The van der Waals surface area contributed by atoms with Gasteiger partial charge in [-0.25, -0.2) is 0 Å². The van der Waals surface area contributed by atoms with E-state index in [-0.39, 0.29) is 5.41 Å². The molecule has 3 aromatic rings. The molecule has 0 atom stereocenters. The Hall–Kier alpha value is -2.90. The summed E-state index contributed by atoms with van der Waals surface area (Å²) >= 11 is 12.0. The average molecular weight is 508 g/mol. The van der Waals surface area contributed by atoms with Gasteiger partial charge in [0.05, 0.1) is 0 Å². The second-order valence-electron chi connectivity index (χ2n) is 9.30. The summed E-state index contributed by atoms with van der Waals surface area (Å²) in [6, 6.07) is 19.8. The van der Waals surface area contributed by atoms with Gasteiger partial charge in [0, 0.05) is 36.1 Å². The van der Waals surface area contributed by atoms with Gasteiger partial charge in [-0.05, 0) is 67.7 Å². The number of ether oxygens (including phenoxy) is 1. The van der Waals surface area contributed by atoms with Crippen molar-refractivity contribution in [2.45, 2.75) is 43.9 Å². The molecule has 0 spiro atoms. The fraction of sp³-hybridized carbons (Fsp3) is 0.370. The molecule has 8 heteroatoms. The van der Waals surface area contributed by atoms with Crippen molar-refractivity contribution >= 4 is 40.7 Å². The number of thiocarbonyl (C=S) groups is 1. The van der Waals surface area contributed by atoms with E-state index in [0.717, 1.165) is 61.9 Å². The molecule has 0 amide bonds. The first-order valence-electron chi connectivity index (χ1n) is 12.3. The van der Waals surface area contributed by atoms with E-state index in [1.807, 2.05) is 48.5 Å². The van der Waals surface area contributed by atoms with Crippen LogP contribution in [0.2, 0.25) is 5.02 Å². The number of anilines is 2. The Kier molecular flexibility index (Phi) is 7.35. The minimum atomic E-state index is 0.0243. The highest BCUT2D eigenvalue weighted by Crippen LogP contribution is 2.41. The fourth-order valence-corrected chi connectivity index (χ4v) is 5.43. The Morgan fingerprint density at radius 2 is 1.74 bits per heavy atom. The zero-order valence-corrected chi connectivity index (χ0v) is 21.2. The van der Waals surface area contributed by atoms with Gasteiger partial charge in [-0.15, -0.1) is 0 Å². The van der Waals surface area contributed by atoms with Gasteiger partial charge in [0.1, 0.15) is 11.6 Å². The molecule has 5 rings (SSSR count). The predicted molar refractivity (Wildman–Crippen MR) is 146 cm³/mol. The van der Waals surface area contributed by atoms with Crippen LogP contribution in [0.25, 0.3) is 0 Å². The molecule has 182 valence electrons. The van der Waals surface area contributed by atoms with Crippen LogP contribution >= 0.6 is 23.8 Å². The third kappa shape index (κ3) is 5.85. The maximum Gasteiger partial charge on any atom is 0.234 e. The molecule has 2 heterocycles. The van der Waals surface area contributed by atoms with Gasteiger partial charge in [-0.1, -0.05) is 54.8 Å². The molecule has 2 fully saturated rings. The van der Waals surface area contributed by atoms with Gasteiger partial charge in [0.25, 0.3) is 0 Å². The predicted octanol–water partition coefficient (Wildman–Crippen LogP) is 6.32. The second-order valence-corrected chi connectivity index (χ2v) is 10.1. The Labute approximate surface area is 217 Å². The van der Waals surface area contributed by atoms with E-state index in [0.29, 0.717) is 16.9 Å². The summed E-state index contributed by atoms with van der Waals surface area (Å²) in [4.78, 5) is 11.6. The standard InChI is InChI=1S/C27H30ClN5OS/c28-21-10-8-9-20(17-21)27(13-4-5-14-27)19-29-26(35)32-25-30-23(33-15-6-7-16-33)18-24(31-25)34-22-11-2-1-3-12-22/h1-3,8-12,17-18H,4-7,13-16,19H2,(H2,29,30,31,32,35). The van der Waals surface area contributed by atoms with E-state index >= 15 is 0 Å². The summed E-state index contributed by atoms with van der Waals surface area (Å²) in [6.45, 7) is 2.69. The van der Waals surface area contributed by atoms with Gasteiger partial charge < -0.3 is 20.3 Å². The van der Waals surface area contributed by atoms with E-state index < -0.39 is 0 Å². The zero-order chi connectivity index (χ0) is 24.1. The Bertz CT molecular complexity index is 1160. The minimum absolute atomic E-state index is 0.0243. The highest BCUT2D eigenvalue weighted by molar-refractivity contribution is 7.80. The Morgan fingerprint density at radius 1 is 0.971 bits per heavy atom. The fourth-order valence-electron chi connectivity index (χ4n) is 5.07. The molecule has 35 heavy (non-hydrogen) atoms. The van der Waals surface area contributed by atoms with Crippen LogP contribution in [0, 0.1) is 0 Å². The quantitative estimate of drug-likeness (QED) is 0.363. The lowest BCUT2D eigenvalue weighted by molar-refractivity contribution is 0.435. The summed E-state index contributed by atoms with van der Waals surface area (Å²) in [6.07, 6.45) is 6.95. The molecule has 1 saturated carbocycles. The number of hydrogen-bond donors (Lipinski definition) is 2. The van der Waals surface area contributed by atoms with E-state index in [1.165, 1.54) is 18.4 Å². The maximum atomic E-state index is 6.31. The van der Waals surface area contributed by atoms with Crippen LogP contribution in [-0.2, 0) is 5.41 Å². The molecule has 6 nitrogen and oxygen atoms in total. The summed E-state index contributed by atoms with van der Waals surface area (Å²) < 4.78 is 6.03. The van der Waals surface area contributed by atoms with Crippen LogP contribution in [0.15, 0.2) is 60.7 Å². The largest absolute Gasteiger partial charge is 0.439 e. The molecule has 2 N–H and O–H groups in total. The molecule has 2 aliphatic rings. The van der Waals surface area contributed by atoms with Crippen molar-refractivity contribution in [1.29, 1.82) is 0 Å². The normalized spacial score (nSPS) is 16.8. The number of benzene rings is 2. The Morgan fingerprint density at radius 3 is 2.49 bits per heavy atom. The number of rotatable bonds is 7. The lowest BCUT2D eigenvalue weighted by atomic mass is 9.79. The molecule has 0 bridgehead atoms. The van der Waals surface area contributed by atoms with E-state index in [1.54, 1.807) is 0 Å². The number of aromatic nitrogens is 2. The topological polar surface area (TPSA) is 62.3 Å². The molecule has 0 radical (unpaired) electrons. The average Bonchev–Trinajstić information content (AvgIpc) is 3.57. The van der Waals surface area contributed by atoms with Crippen molar-refractivity contribution in [3.63, 3.8) is 0 Å². The third-order valence-corrected chi connectivity index (χ3v) is 7.38. The summed E-state index contributed by atoms with van der Waals surface area (Å²) in [5, 5.41) is 7.91. The van der Waals surface area contributed by atoms with Crippen LogP contribution in [0.5, 0.6) is 11.6 Å². The first kappa shape index (κ1) is 23.8. The minimum Gasteiger partial charge on any atom is -0.439 e. The number of hydrogen-bond acceptors (Lipinski definition) is 5. The highest BCUT2D eigenvalue weighted by Gasteiger charge is 2.35. The SMILES string of the molecule is S=C(NCC1(c2cccc(Cl)c2)CCCC1)Nc1nc(Oc2ccccc2)cc(N2CCCC2)n1. The lowest BCUT2D eigenvalue weighted by Crippen LogP contribution is -2.41. The van der Waals surface area contributed by atoms with Crippen LogP contribution in [0.1, 0.15) is 44.1 Å². The molecule has 1 aliphatic carbocycles. The first-order chi connectivity index (χ1) is 17.1. The monoisotopic (exact) mass is 507 g/mol. The van der Waals surface area contributed by atoms with Crippen molar-refractivity contribution in [2.75, 3.05) is 29.9 Å². The van der Waals surface area contributed by atoms with Gasteiger partial charge in [0.2, 0.25) is 11.8 Å². The number of nitrogens with zero attached hydrogens (tertiary/aromatic N) is 3. The molecule has 1 aliphatic heterocycles. The van der Waals surface area contributed by atoms with Crippen LogP contribution in [0.3, 0.4) is 0 Å². The molecule has 2 aromatic carbocycles. The van der Waals surface area contributed by atoms with Gasteiger partial charge in [-0.2, -0.15) is 9.97 Å². The van der Waals surface area contributed by atoms with Crippen LogP contribution < -0.4 is 20.3 Å². The van der Waals surface area contributed by atoms with Crippen molar-refractivity contribution in [2.24, 2.45) is 0 Å². The molecule has 1 saturated heterocycles. The van der Waals surface area contributed by atoms with Crippen molar-refractivity contribution in [1.82, 2.24) is 15.3 Å². The molecular weight excluding hydrogens is 478 g/mol. The summed E-state index contributed by atoms with van der Waals surface area (Å²) in [5.41, 5.74) is 1.29. The smallest absolute Gasteiger partial charge is 0.234 e. The van der Waals surface area contributed by atoms with Gasteiger partial charge >= 0.3 is 0 Å². The van der Waals surface area contributed by atoms with E-state index in [4.69, 9.17) is 33.5 Å². The van der Waals surface area contributed by atoms with Crippen molar-refractivity contribution in [3.8, 4) is 11.6 Å². The third-order valence-electron chi connectivity index (χ3n) is 6.90. The molecule has 1 aromatic heterocycles. The lowest BCUT2D eigenvalue weighted by Gasteiger charge is -2.30. The van der Waals surface area contributed by atoms with Crippen LogP contribution in [0.4, 0.5) is 11.8 Å². The molecule has 0 unspecified atom stereocenters. The van der Waals surface area contributed by atoms with E-state index in [9.17, 15) is 0 Å². The number of halogens is 1. The van der Waals surface area contributed by atoms with E-state index in [2.05, 4.69) is 32.7 Å². The van der Waals surface area contributed by atoms with Crippen molar-refractivity contribution in [3.05, 3.63) is 71.2 Å². The Balaban J connectivity index is 1.31. The summed E-state index contributed by atoms with van der Waals surface area (Å²) in [7, 11) is 0. The van der Waals surface area contributed by atoms with Gasteiger partial charge in [-0.3, -0.25) is 0 Å². The zero-order valence-electron chi connectivity index (χ0n) is 19.7. The summed E-state index contributed by atoms with van der Waals surface area (Å²) in [5.74, 6) is 2.50. The first-order valence-corrected chi connectivity index (χ1v) is 13.1. The highest BCUT2D eigenvalue weighted by atomic mass is 35.5.